The van der Waals surface area contributed by atoms with Crippen molar-refractivity contribution in [3.05, 3.63) is 59.8 Å². The average Bonchev–Trinajstić information content (AvgIpc) is 3.20. The molecule has 0 aliphatic carbocycles. The number of nitrogens with one attached hydrogen (secondary N) is 1. The lowest BCUT2D eigenvalue weighted by atomic mass is 9.90. The fourth-order valence-corrected chi connectivity index (χ4v) is 5.73. The zero-order valence-corrected chi connectivity index (χ0v) is 18.5. The number of sulfonamides is 1. The van der Waals surface area contributed by atoms with E-state index in [-0.39, 0.29) is 0 Å². The van der Waals surface area contributed by atoms with Crippen LogP contribution in [-0.2, 0) is 10.0 Å². The lowest BCUT2D eigenvalue weighted by Crippen LogP contribution is -2.37. The van der Waals surface area contributed by atoms with Gasteiger partial charge in [0.1, 0.15) is 5.75 Å². The molecule has 0 bridgehead atoms. The summed E-state index contributed by atoms with van der Waals surface area (Å²) in [5, 5.41) is 1.26. The Hall–Kier alpha value is -2.31. The van der Waals surface area contributed by atoms with Crippen molar-refractivity contribution in [3.8, 4) is 5.75 Å². The Balaban J connectivity index is 1.43. The number of para-hydroxylation sites is 1. The minimum atomic E-state index is -3.48. The fraction of sp³-hybridized carbons (Fsp3) is 0.417. The molecule has 5 nitrogen and oxygen atoms in total. The van der Waals surface area contributed by atoms with E-state index in [2.05, 4.69) is 43.2 Å². The number of hydrogen-bond acceptors (Lipinski definition) is 3. The molecule has 2 heterocycles. The number of H-pyrrole nitrogens is 1. The summed E-state index contributed by atoms with van der Waals surface area (Å²) >= 11 is 0. The van der Waals surface area contributed by atoms with E-state index in [4.69, 9.17) is 4.74 Å². The van der Waals surface area contributed by atoms with Gasteiger partial charge in [0.2, 0.25) is 10.0 Å². The van der Waals surface area contributed by atoms with E-state index in [1.807, 2.05) is 0 Å². The third kappa shape index (κ3) is 4.12. The molecule has 1 aliphatic heterocycles. The second-order valence-electron chi connectivity index (χ2n) is 8.09. The SMILES string of the molecule is CCCCOc1ccc(S(=O)(=O)N2CCC(c3c[nH]c4c(C)cccc34)CC2)cc1. The van der Waals surface area contributed by atoms with Gasteiger partial charge in [0, 0.05) is 30.2 Å². The molecule has 0 saturated carbocycles. The van der Waals surface area contributed by atoms with Gasteiger partial charge in [0.15, 0.2) is 0 Å². The number of rotatable bonds is 7. The summed E-state index contributed by atoms with van der Waals surface area (Å²) in [5.41, 5.74) is 3.73. The number of fused-ring (bicyclic) bond motifs is 1. The van der Waals surface area contributed by atoms with E-state index < -0.39 is 10.0 Å². The molecule has 0 atom stereocenters. The first kappa shape index (κ1) is 20.9. The standard InChI is InChI=1S/C24H30N2O3S/c1-3-4-16-29-20-8-10-21(11-9-20)30(27,28)26-14-12-19(13-15-26)23-17-25-24-18(2)6-5-7-22(23)24/h5-11,17,19,25H,3-4,12-16H2,1-2H3. The van der Waals surface area contributed by atoms with E-state index in [1.165, 1.54) is 22.0 Å². The van der Waals surface area contributed by atoms with Crippen molar-refractivity contribution in [1.82, 2.24) is 9.29 Å². The van der Waals surface area contributed by atoms with Crippen molar-refractivity contribution in [2.45, 2.75) is 50.3 Å². The van der Waals surface area contributed by atoms with Gasteiger partial charge in [0.25, 0.3) is 0 Å². The van der Waals surface area contributed by atoms with E-state index in [1.54, 1.807) is 28.6 Å². The summed E-state index contributed by atoms with van der Waals surface area (Å²) in [6, 6.07) is 13.2. The second kappa shape index (κ2) is 8.82. The lowest BCUT2D eigenvalue weighted by molar-refractivity contribution is 0.309. The van der Waals surface area contributed by atoms with Crippen LogP contribution in [0.25, 0.3) is 10.9 Å². The minimum absolute atomic E-state index is 0.339. The first-order chi connectivity index (χ1) is 14.5. The Morgan fingerprint density at radius 2 is 1.83 bits per heavy atom. The maximum atomic E-state index is 13.1. The van der Waals surface area contributed by atoms with Gasteiger partial charge in [-0.25, -0.2) is 8.42 Å². The zero-order chi connectivity index (χ0) is 21.1. The highest BCUT2D eigenvalue weighted by Crippen LogP contribution is 2.35. The Morgan fingerprint density at radius 1 is 1.10 bits per heavy atom. The van der Waals surface area contributed by atoms with Crippen LogP contribution in [0.1, 0.15) is 49.7 Å². The van der Waals surface area contributed by atoms with Gasteiger partial charge in [-0.15, -0.1) is 0 Å². The molecule has 1 aliphatic rings. The Morgan fingerprint density at radius 3 is 2.53 bits per heavy atom. The van der Waals surface area contributed by atoms with E-state index in [9.17, 15) is 8.42 Å². The Labute approximate surface area is 179 Å². The fourth-order valence-electron chi connectivity index (χ4n) is 4.26. The van der Waals surface area contributed by atoms with Crippen LogP contribution >= 0.6 is 0 Å². The third-order valence-electron chi connectivity index (χ3n) is 6.08. The number of ether oxygens (including phenoxy) is 1. The second-order valence-corrected chi connectivity index (χ2v) is 10.0. The van der Waals surface area contributed by atoms with Crippen LogP contribution in [0.15, 0.2) is 53.6 Å². The molecule has 1 aromatic heterocycles. The first-order valence-corrected chi connectivity index (χ1v) is 12.2. The van der Waals surface area contributed by atoms with E-state index in [0.29, 0.717) is 30.5 Å². The molecular weight excluding hydrogens is 396 g/mol. The van der Waals surface area contributed by atoms with Gasteiger partial charge in [-0.1, -0.05) is 31.5 Å². The molecule has 30 heavy (non-hydrogen) atoms. The quantitative estimate of drug-likeness (QED) is 0.527. The molecule has 6 heteroatoms. The van der Waals surface area contributed by atoms with Crippen molar-refractivity contribution in [1.29, 1.82) is 0 Å². The highest BCUT2D eigenvalue weighted by molar-refractivity contribution is 7.89. The highest BCUT2D eigenvalue weighted by Gasteiger charge is 2.30. The van der Waals surface area contributed by atoms with Gasteiger partial charge < -0.3 is 9.72 Å². The normalized spacial score (nSPS) is 16.2. The van der Waals surface area contributed by atoms with Crippen LogP contribution < -0.4 is 4.74 Å². The molecule has 160 valence electrons. The zero-order valence-electron chi connectivity index (χ0n) is 17.7. The maximum absolute atomic E-state index is 13.1. The largest absolute Gasteiger partial charge is 0.494 e. The Bertz CT molecular complexity index is 1100. The number of unbranched alkanes of at least 4 members (excludes halogenated alkanes) is 1. The molecule has 0 unspecified atom stereocenters. The van der Waals surface area contributed by atoms with E-state index >= 15 is 0 Å². The molecular formula is C24H30N2O3S. The van der Waals surface area contributed by atoms with Crippen molar-refractivity contribution in [2.24, 2.45) is 0 Å². The predicted octanol–water partition coefficient (Wildman–Crippen LogP) is 5.22. The number of nitrogens with zero attached hydrogens (tertiary/aromatic N) is 1. The molecule has 0 radical (unpaired) electrons. The number of benzene rings is 2. The number of hydrogen-bond donors (Lipinski definition) is 1. The molecule has 0 amide bonds. The molecule has 2 aromatic carbocycles. The smallest absolute Gasteiger partial charge is 0.243 e. The van der Waals surface area contributed by atoms with Crippen LogP contribution in [0.3, 0.4) is 0 Å². The van der Waals surface area contributed by atoms with Gasteiger partial charge in [0.05, 0.1) is 11.5 Å². The molecule has 1 N–H and O–H groups in total. The van der Waals surface area contributed by atoms with Crippen molar-refractivity contribution < 1.29 is 13.2 Å². The molecule has 4 rings (SSSR count). The van der Waals surface area contributed by atoms with E-state index in [0.717, 1.165) is 31.4 Å². The van der Waals surface area contributed by atoms with Crippen molar-refractivity contribution in [3.63, 3.8) is 0 Å². The summed E-state index contributed by atoms with van der Waals surface area (Å²) in [6.07, 6.45) is 5.83. The maximum Gasteiger partial charge on any atom is 0.243 e. The average molecular weight is 427 g/mol. The third-order valence-corrected chi connectivity index (χ3v) is 7.99. The number of aromatic amines is 1. The van der Waals surface area contributed by atoms with Crippen molar-refractivity contribution in [2.75, 3.05) is 19.7 Å². The minimum Gasteiger partial charge on any atom is -0.494 e. The van der Waals surface area contributed by atoms with Crippen molar-refractivity contribution >= 4 is 20.9 Å². The number of aromatic nitrogens is 1. The summed E-state index contributed by atoms with van der Waals surface area (Å²) in [4.78, 5) is 3.74. The van der Waals surface area contributed by atoms with Gasteiger partial charge in [-0.3, -0.25) is 0 Å². The molecule has 1 saturated heterocycles. The van der Waals surface area contributed by atoms with Gasteiger partial charge in [-0.05, 0) is 67.5 Å². The summed E-state index contributed by atoms with van der Waals surface area (Å²) < 4.78 is 33.4. The number of piperidine rings is 1. The van der Waals surface area contributed by atoms with Crippen LogP contribution in [0.2, 0.25) is 0 Å². The lowest BCUT2D eigenvalue weighted by Gasteiger charge is -2.31. The highest BCUT2D eigenvalue weighted by atomic mass is 32.2. The predicted molar refractivity (Wildman–Crippen MR) is 121 cm³/mol. The van der Waals surface area contributed by atoms with Crippen LogP contribution in [0.4, 0.5) is 0 Å². The summed E-state index contributed by atoms with van der Waals surface area (Å²) in [6.45, 7) is 5.96. The molecule has 1 fully saturated rings. The van der Waals surface area contributed by atoms with Crippen LogP contribution in [0, 0.1) is 6.92 Å². The number of aryl methyl sites for hydroxylation is 1. The monoisotopic (exact) mass is 426 g/mol. The van der Waals surface area contributed by atoms with Crippen LogP contribution in [-0.4, -0.2) is 37.4 Å². The first-order valence-electron chi connectivity index (χ1n) is 10.8. The summed E-state index contributed by atoms with van der Waals surface area (Å²) in [5.74, 6) is 1.09. The molecule has 0 spiro atoms. The topological polar surface area (TPSA) is 62.4 Å². The Kier molecular flexibility index (Phi) is 6.16. The summed E-state index contributed by atoms with van der Waals surface area (Å²) in [7, 11) is -3.48. The van der Waals surface area contributed by atoms with Crippen LogP contribution in [0.5, 0.6) is 5.75 Å². The van der Waals surface area contributed by atoms with Gasteiger partial charge in [-0.2, -0.15) is 4.31 Å². The van der Waals surface area contributed by atoms with Gasteiger partial charge >= 0.3 is 0 Å². The molecule has 3 aromatic rings.